The number of thiazole rings is 1. The molecule has 3 aromatic heterocycles. The van der Waals surface area contributed by atoms with Crippen LogP contribution in [0.15, 0.2) is 71.5 Å². The summed E-state index contributed by atoms with van der Waals surface area (Å²) in [6.07, 6.45) is 0.0312. The monoisotopic (exact) mass is 541 g/mol. The van der Waals surface area contributed by atoms with E-state index in [-0.39, 0.29) is 31.0 Å². The number of amides is 1. The molecule has 1 N–H and O–H groups in total. The summed E-state index contributed by atoms with van der Waals surface area (Å²) < 4.78 is 8.73. The van der Waals surface area contributed by atoms with Gasteiger partial charge in [-0.15, -0.1) is 0 Å². The van der Waals surface area contributed by atoms with Gasteiger partial charge in [-0.2, -0.15) is 5.10 Å². The van der Waals surface area contributed by atoms with Gasteiger partial charge in [-0.3, -0.25) is 14.2 Å². The van der Waals surface area contributed by atoms with Crippen molar-refractivity contribution in [1.29, 1.82) is 0 Å². The van der Waals surface area contributed by atoms with Crippen LogP contribution in [0.1, 0.15) is 38.6 Å². The number of pyridine rings is 1. The van der Waals surface area contributed by atoms with Crippen molar-refractivity contribution in [2.24, 2.45) is 0 Å². The highest BCUT2D eigenvalue weighted by molar-refractivity contribution is 7.17. The van der Waals surface area contributed by atoms with Crippen molar-refractivity contribution in [3.63, 3.8) is 0 Å². The van der Waals surface area contributed by atoms with E-state index in [9.17, 15) is 14.4 Å². The first-order valence-corrected chi connectivity index (χ1v) is 13.3. The summed E-state index contributed by atoms with van der Waals surface area (Å²) in [6, 6.07) is 20.5. The van der Waals surface area contributed by atoms with Gasteiger partial charge < -0.3 is 10.1 Å². The number of ether oxygens (including phenoxy) is 1. The van der Waals surface area contributed by atoms with E-state index in [1.54, 1.807) is 22.2 Å². The first-order valence-electron chi connectivity index (χ1n) is 12.5. The van der Waals surface area contributed by atoms with Crippen LogP contribution in [0.3, 0.4) is 0 Å². The standard InChI is InChI=1S/C29H27N5O4S/c1-18-16-24(36)33(27-25(18)19(2)32-34(27)22-12-8-5-9-13-22)15-14-23(35)31-29-30-20(3)26(39-29)28(37)38-17-21-10-6-4-7-11-21/h4-13,16H,14-15,17H2,1-3H3,(H,30,31,35). The first kappa shape index (κ1) is 26.1. The van der Waals surface area contributed by atoms with Crippen LogP contribution in [0, 0.1) is 20.8 Å². The Morgan fingerprint density at radius 1 is 0.974 bits per heavy atom. The van der Waals surface area contributed by atoms with E-state index in [2.05, 4.69) is 15.4 Å². The van der Waals surface area contributed by atoms with E-state index < -0.39 is 5.97 Å². The number of rotatable bonds is 8. The molecule has 0 fully saturated rings. The average Bonchev–Trinajstić information content (AvgIpc) is 3.47. The number of benzene rings is 2. The molecular weight excluding hydrogens is 514 g/mol. The molecule has 39 heavy (non-hydrogen) atoms. The van der Waals surface area contributed by atoms with Gasteiger partial charge in [0, 0.05) is 24.4 Å². The van der Waals surface area contributed by atoms with Gasteiger partial charge in [-0.05, 0) is 44.0 Å². The summed E-state index contributed by atoms with van der Waals surface area (Å²) in [5.41, 5.74) is 4.25. The predicted octanol–water partition coefficient (Wildman–Crippen LogP) is 4.95. The molecular formula is C29H27N5O4S. The van der Waals surface area contributed by atoms with E-state index in [1.165, 1.54) is 0 Å². The Morgan fingerprint density at radius 3 is 2.38 bits per heavy atom. The minimum atomic E-state index is -0.493. The number of hydrogen-bond donors (Lipinski definition) is 1. The zero-order chi connectivity index (χ0) is 27.5. The number of aromatic nitrogens is 4. The highest BCUT2D eigenvalue weighted by Crippen LogP contribution is 2.25. The van der Waals surface area contributed by atoms with Gasteiger partial charge in [0.25, 0.3) is 5.56 Å². The number of aryl methyl sites for hydroxylation is 4. The number of fused-ring (bicyclic) bond motifs is 1. The summed E-state index contributed by atoms with van der Waals surface area (Å²) in [5, 5.41) is 8.62. The second kappa shape index (κ2) is 11.0. The van der Waals surface area contributed by atoms with E-state index >= 15 is 0 Å². The molecule has 0 saturated heterocycles. The lowest BCUT2D eigenvalue weighted by Gasteiger charge is -2.12. The number of anilines is 1. The van der Waals surface area contributed by atoms with Crippen molar-refractivity contribution in [1.82, 2.24) is 19.3 Å². The number of carbonyl (C=O) groups is 2. The highest BCUT2D eigenvalue weighted by atomic mass is 32.1. The number of nitrogens with zero attached hydrogens (tertiary/aromatic N) is 4. The van der Waals surface area contributed by atoms with Crippen LogP contribution >= 0.6 is 11.3 Å². The van der Waals surface area contributed by atoms with Crippen molar-refractivity contribution in [2.75, 3.05) is 5.32 Å². The lowest BCUT2D eigenvalue weighted by atomic mass is 10.1. The molecule has 5 rings (SSSR count). The highest BCUT2D eigenvalue weighted by Gasteiger charge is 2.20. The molecule has 3 heterocycles. The molecule has 1 amide bonds. The molecule has 0 radical (unpaired) electrons. The molecule has 0 unspecified atom stereocenters. The number of hydrogen-bond acceptors (Lipinski definition) is 7. The average molecular weight is 542 g/mol. The molecule has 0 bridgehead atoms. The molecule has 9 nitrogen and oxygen atoms in total. The van der Waals surface area contributed by atoms with Crippen molar-refractivity contribution < 1.29 is 14.3 Å². The summed E-state index contributed by atoms with van der Waals surface area (Å²) in [5.74, 6) is -0.816. The Balaban J connectivity index is 1.31. The second-order valence-corrected chi connectivity index (χ2v) is 10.1. The Kier molecular flexibility index (Phi) is 7.38. The quantitative estimate of drug-likeness (QED) is 0.278. The van der Waals surface area contributed by atoms with Crippen LogP contribution in [0.2, 0.25) is 0 Å². The van der Waals surface area contributed by atoms with E-state index in [4.69, 9.17) is 4.74 Å². The number of carbonyl (C=O) groups excluding carboxylic acids is 2. The Morgan fingerprint density at radius 2 is 1.67 bits per heavy atom. The van der Waals surface area contributed by atoms with Crippen LogP contribution in [0.4, 0.5) is 5.13 Å². The van der Waals surface area contributed by atoms with Gasteiger partial charge in [0.2, 0.25) is 5.91 Å². The summed E-state index contributed by atoms with van der Waals surface area (Å²) >= 11 is 1.06. The van der Waals surface area contributed by atoms with Gasteiger partial charge in [-0.25, -0.2) is 14.5 Å². The Labute approximate surface area is 228 Å². The number of nitrogens with one attached hydrogen (secondary N) is 1. The van der Waals surface area contributed by atoms with E-state index in [0.717, 1.165) is 39.2 Å². The van der Waals surface area contributed by atoms with Crippen LogP contribution in [0.5, 0.6) is 0 Å². The van der Waals surface area contributed by atoms with E-state index in [1.807, 2.05) is 74.5 Å². The lowest BCUT2D eigenvalue weighted by molar-refractivity contribution is -0.116. The van der Waals surface area contributed by atoms with Crippen LogP contribution in [-0.2, 0) is 22.7 Å². The third-order valence-corrected chi connectivity index (χ3v) is 7.35. The smallest absolute Gasteiger partial charge is 0.350 e. The van der Waals surface area contributed by atoms with Crippen molar-refractivity contribution in [3.05, 3.63) is 104 Å². The molecule has 0 atom stereocenters. The van der Waals surface area contributed by atoms with Gasteiger partial charge >= 0.3 is 5.97 Å². The van der Waals surface area contributed by atoms with Crippen LogP contribution in [-0.4, -0.2) is 31.2 Å². The fraction of sp³-hybridized carbons (Fsp3) is 0.207. The normalized spacial score (nSPS) is 11.1. The molecule has 2 aromatic carbocycles. The van der Waals surface area contributed by atoms with Crippen LogP contribution < -0.4 is 10.9 Å². The molecule has 5 aromatic rings. The lowest BCUT2D eigenvalue weighted by Crippen LogP contribution is -2.25. The fourth-order valence-electron chi connectivity index (χ4n) is 4.45. The fourth-order valence-corrected chi connectivity index (χ4v) is 5.33. The number of para-hydroxylation sites is 1. The zero-order valence-corrected chi connectivity index (χ0v) is 22.6. The Bertz CT molecular complexity index is 1720. The maximum Gasteiger partial charge on any atom is 0.350 e. The molecule has 0 saturated carbocycles. The zero-order valence-electron chi connectivity index (χ0n) is 21.8. The molecule has 10 heteroatoms. The third-order valence-electron chi connectivity index (χ3n) is 6.30. The number of esters is 1. The Hall–Kier alpha value is -4.57. The molecule has 198 valence electrons. The molecule has 0 aliphatic heterocycles. The topological polar surface area (TPSA) is 108 Å². The maximum absolute atomic E-state index is 13.0. The SMILES string of the molecule is Cc1nc(NC(=O)CCn2c(=O)cc(C)c3c(C)nn(-c4ccccc4)c32)sc1C(=O)OCc1ccccc1. The van der Waals surface area contributed by atoms with Gasteiger partial charge in [0.1, 0.15) is 17.1 Å². The predicted molar refractivity (Wildman–Crippen MR) is 150 cm³/mol. The maximum atomic E-state index is 13.0. The van der Waals surface area contributed by atoms with E-state index in [0.29, 0.717) is 21.3 Å². The summed E-state index contributed by atoms with van der Waals surface area (Å²) in [6.45, 7) is 5.79. The minimum Gasteiger partial charge on any atom is -0.457 e. The van der Waals surface area contributed by atoms with Gasteiger partial charge in [0.05, 0.1) is 17.1 Å². The van der Waals surface area contributed by atoms with Crippen LogP contribution in [0.25, 0.3) is 16.7 Å². The van der Waals surface area contributed by atoms with Gasteiger partial charge in [-0.1, -0.05) is 59.9 Å². The second-order valence-electron chi connectivity index (χ2n) is 9.14. The van der Waals surface area contributed by atoms with Crippen molar-refractivity contribution in [2.45, 2.75) is 40.3 Å². The van der Waals surface area contributed by atoms with Gasteiger partial charge in [0.15, 0.2) is 5.13 Å². The van der Waals surface area contributed by atoms with Crippen molar-refractivity contribution >= 4 is 39.4 Å². The third kappa shape index (κ3) is 5.51. The molecule has 0 aliphatic carbocycles. The van der Waals surface area contributed by atoms with Crippen molar-refractivity contribution in [3.8, 4) is 5.69 Å². The summed E-state index contributed by atoms with van der Waals surface area (Å²) in [7, 11) is 0. The molecule has 0 aliphatic rings. The summed E-state index contributed by atoms with van der Waals surface area (Å²) in [4.78, 5) is 43.1. The minimum absolute atomic E-state index is 0.0312. The largest absolute Gasteiger partial charge is 0.457 e. The molecule has 0 spiro atoms. The first-order chi connectivity index (χ1) is 18.8.